The summed E-state index contributed by atoms with van der Waals surface area (Å²) >= 11 is 0. The molecule has 1 fully saturated rings. The monoisotopic (exact) mass is 347 g/mol. The maximum absolute atomic E-state index is 12.1. The number of ketones is 1. The van der Waals surface area contributed by atoms with Gasteiger partial charge in [-0.15, -0.1) is 0 Å². The number of amides is 2. The Morgan fingerprint density at radius 3 is 2.28 bits per heavy atom. The predicted octanol–water partition coefficient (Wildman–Crippen LogP) is 0.548. The van der Waals surface area contributed by atoms with Gasteiger partial charge in [-0.05, 0) is 31.3 Å². The molecule has 0 aromatic heterocycles. The summed E-state index contributed by atoms with van der Waals surface area (Å²) in [7, 11) is 3.58. The zero-order chi connectivity index (χ0) is 18.2. The number of benzene rings is 1. The van der Waals surface area contributed by atoms with Crippen LogP contribution in [0.1, 0.15) is 23.2 Å². The summed E-state index contributed by atoms with van der Waals surface area (Å²) in [5.74, 6) is 0.201. The molecule has 2 amide bonds. The third kappa shape index (κ3) is 5.86. The first-order valence-electron chi connectivity index (χ1n) is 8.40. The van der Waals surface area contributed by atoms with E-state index in [0.29, 0.717) is 24.4 Å². The summed E-state index contributed by atoms with van der Waals surface area (Å²) in [6.07, 6.45) is 0.182. The molecule has 7 heteroatoms. The first-order valence-corrected chi connectivity index (χ1v) is 8.40. The van der Waals surface area contributed by atoms with Gasteiger partial charge in [0, 0.05) is 44.6 Å². The van der Waals surface area contributed by atoms with Crippen LogP contribution in [-0.2, 0) is 9.59 Å². The Balaban J connectivity index is 1.69. The number of hydrogen-bond donors (Lipinski definition) is 1. The Bertz CT molecular complexity index is 607. The van der Waals surface area contributed by atoms with Gasteiger partial charge in [0.05, 0.1) is 13.7 Å². The Labute approximate surface area is 147 Å². The number of Topliss-reactive ketones (excluding diaryl/α,β-unsaturated/α-hetero) is 1. The van der Waals surface area contributed by atoms with Gasteiger partial charge in [-0.2, -0.15) is 0 Å². The van der Waals surface area contributed by atoms with Gasteiger partial charge in [-0.1, -0.05) is 0 Å². The lowest BCUT2D eigenvalue weighted by Gasteiger charge is -2.32. The number of hydrogen-bond acceptors (Lipinski definition) is 5. The van der Waals surface area contributed by atoms with E-state index in [1.165, 1.54) is 0 Å². The van der Waals surface area contributed by atoms with E-state index in [0.717, 1.165) is 13.1 Å². The molecule has 1 aromatic rings. The summed E-state index contributed by atoms with van der Waals surface area (Å²) in [4.78, 5) is 39.9. The first-order chi connectivity index (χ1) is 12.0. The van der Waals surface area contributed by atoms with E-state index in [-0.39, 0.29) is 37.0 Å². The van der Waals surface area contributed by atoms with Crippen molar-refractivity contribution in [2.75, 3.05) is 46.9 Å². The van der Waals surface area contributed by atoms with Crippen molar-refractivity contribution < 1.29 is 19.1 Å². The standard InChI is InChI=1S/C18H25N3O4/c1-20-9-11-21(12-10-20)18(24)13-19-17(23)8-7-16(22)14-3-5-15(25-2)6-4-14/h3-6H,7-13H2,1-2H3,(H,19,23). The van der Waals surface area contributed by atoms with Gasteiger partial charge in [0.2, 0.25) is 11.8 Å². The smallest absolute Gasteiger partial charge is 0.242 e. The van der Waals surface area contributed by atoms with Crippen molar-refractivity contribution in [1.82, 2.24) is 15.1 Å². The van der Waals surface area contributed by atoms with Crippen molar-refractivity contribution in [2.45, 2.75) is 12.8 Å². The van der Waals surface area contributed by atoms with Crippen LogP contribution in [0.2, 0.25) is 0 Å². The van der Waals surface area contributed by atoms with Crippen LogP contribution in [0.15, 0.2) is 24.3 Å². The molecule has 1 aliphatic rings. The molecule has 1 N–H and O–H groups in total. The number of piperazine rings is 1. The highest BCUT2D eigenvalue weighted by Crippen LogP contribution is 2.13. The number of nitrogens with zero attached hydrogens (tertiary/aromatic N) is 2. The zero-order valence-corrected chi connectivity index (χ0v) is 14.8. The SMILES string of the molecule is COc1ccc(C(=O)CCC(=O)NCC(=O)N2CCN(C)CC2)cc1. The second-order valence-corrected chi connectivity index (χ2v) is 6.11. The Hall–Kier alpha value is -2.41. The van der Waals surface area contributed by atoms with E-state index in [2.05, 4.69) is 10.2 Å². The van der Waals surface area contributed by atoms with Gasteiger partial charge in [-0.25, -0.2) is 0 Å². The topological polar surface area (TPSA) is 78.9 Å². The molecule has 0 saturated carbocycles. The lowest BCUT2D eigenvalue weighted by atomic mass is 10.1. The third-order valence-corrected chi connectivity index (χ3v) is 4.28. The second kappa shape index (κ2) is 9.17. The summed E-state index contributed by atoms with van der Waals surface area (Å²) in [5.41, 5.74) is 0.544. The van der Waals surface area contributed by atoms with Crippen molar-refractivity contribution in [3.05, 3.63) is 29.8 Å². The fourth-order valence-electron chi connectivity index (χ4n) is 2.58. The Kier molecular flexibility index (Phi) is 6.94. The van der Waals surface area contributed by atoms with Gasteiger partial charge in [0.25, 0.3) is 0 Å². The number of carbonyl (C=O) groups excluding carboxylic acids is 3. The van der Waals surface area contributed by atoms with Crippen LogP contribution in [-0.4, -0.2) is 74.3 Å². The van der Waals surface area contributed by atoms with Crippen LogP contribution in [0.25, 0.3) is 0 Å². The molecule has 25 heavy (non-hydrogen) atoms. The molecule has 136 valence electrons. The van der Waals surface area contributed by atoms with Crippen LogP contribution in [0.3, 0.4) is 0 Å². The predicted molar refractivity (Wildman–Crippen MR) is 93.6 cm³/mol. The van der Waals surface area contributed by atoms with Crippen LogP contribution < -0.4 is 10.1 Å². The van der Waals surface area contributed by atoms with Gasteiger partial charge >= 0.3 is 0 Å². The lowest BCUT2D eigenvalue weighted by Crippen LogP contribution is -2.50. The van der Waals surface area contributed by atoms with E-state index in [9.17, 15) is 14.4 Å². The molecule has 2 rings (SSSR count). The highest BCUT2D eigenvalue weighted by molar-refractivity contribution is 5.98. The molecule has 0 bridgehead atoms. The van der Waals surface area contributed by atoms with Crippen molar-refractivity contribution in [3.8, 4) is 5.75 Å². The van der Waals surface area contributed by atoms with Gasteiger partial charge in [-0.3, -0.25) is 14.4 Å². The molecule has 0 unspecified atom stereocenters. The van der Waals surface area contributed by atoms with E-state index >= 15 is 0 Å². The van der Waals surface area contributed by atoms with Crippen LogP contribution >= 0.6 is 0 Å². The minimum absolute atomic E-state index is 0.0146. The van der Waals surface area contributed by atoms with Crippen molar-refractivity contribution in [2.24, 2.45) is 0 Å². The average molecular weight is 347 g/mol. The van der Waals surface area contributed by atoms with Gasteiger partial charge in [0.1, 0.15) is 5.75 Å². The third-order valence-electron chi connectivity index (χ3n) is 4.28. The van der Waals surface area contributed by atoms with Crippen molar-refractivity contribution >= 4 is 17.6 Å². The van der Waals surface area contributed by atoms with Crippen LogP contribution in [0.5, 0.6) is 5.75 Å². The molecule has 0 radical (unpaired) electrons. The maximum Gasteiger partial charge on any atom is 0.242 e. The molecule has 0 atom stereocenters. The van der Waals surface area contributed by atoms with E-state index < -0.39 is 0 Å². The Morgan fingerprint density at radius 2 is 1.68 bits per heavy atom. The number of likely N-dealkylation sites (N-methyl/N-ethyl adjacent to an activating group) is 1. The van der Waals surface area contributed by atoms with Crippen molar-refractivity contribution in [1.29, 1.82) is 0 Å². The van der Waals surface area contributed by atoms with Gasteiger partial charge in [0.15, 0.2) is 5.78 Å². The number of rotatable bonds is 7. The molecule has 1 heterocycles. The van der Waals surface area contributed by atoms with Crippen LogP contribution in [0, 0.1) is 0 Å². The summed E-state index contributed by atoms with van der Waals surface area (Å²) < 4.78 is 5.04. The number of methoxy groups -OCH3 is 1. The molecular weight excluding hydrogens is 322 g/mol. The molecule has 1 aromatic carbocycles. The van der Waals surface area contributed by atoms with Crippen molar-refractivity contribution in [3.63, 3.8) is 0 Å². The summed E-state index contributed by atoms with van der Waals surface area (Å²) in [6, 6.07) is 6.77. The molecule has 1 aliphatic heterocycles. The molecular formula is C18H25N3O4. The summed E-state index contributed by atoms with van der Waals surface area (Å²) in [5, 5.41) is 2.60. The van der Waals surface area contributed by atoms with Gasteiger partial charge < -0.3 is 19.9 Å². The summed E-state index contributed by atoms with van der Waals surface area (Å²) in [6.45, 7) is 3.04. The molecule has 0 spiro atoms. The highest BCUT2D eigenvalue weighted by Gasteiger charge is 2.19. The molecule has 1 saturated heterocycles. The highest BCUT2D eigenvalue weighted by atomic mass is 16.5. The fraction of sp³-hybridized carbons (Fsp3) is 0.500. The fourth-order valence-corrected chi connectivity index (χ4v) is 2.58. The lowest BCUT2D eigenvalue weighted by molar-refractivity contribution is -0.134. The average Bonchev–Trinajstić information content (AvgIpc) is 2.64. The normalized spacial score (nSPS) is 14.9. The number of ether oxygens (including phenoxy) is 1. The molecule has 7 nitrogen and oxygen atoms in total. The van der Waals surface area contributed by atoms with Crippen LogP contribution in [0.4, 0.5) is 0 Å². The second-order valence-electron chi connectivity index (χ2n) is 6.11. The minimum atomic E-state index is -0.288. The number of carbonyl (C=O) groups is 3. The zero-order valence-electron chi connectivity index (χ0n) is 14.8. The maximum atomic E-state index is 12.1. The number of nitrogens with one attached hydrogen (secondary N) is 1. The first kappa shape index (κ1) is 18.9. The Morgan fingerprint density at radius 1 is 1.04 bits per heavy atom. The van der Waals surface area contributed by atoms with E-state index in [4.69, 9.17) is 4.74 Å². The minimum Gasteiger partial charge on any atom is -0.497 e. The largest absolute Gasteiger partial charge is 0.497 e. The van der Waals surface area contributed by atoms with E-state index in [1.807, 2.05) is 7.05 Å². The molecule has 0 aliphatic carbocycles. The van der Waals surface area contributed by atoms with E-state index in [1.54, 1.807) is 36.3 Å². The quantitative estimate of drug-likeness (QED) is 0.729.